The molecule has 0 unspecified atom stereocenters. The van der Waals surface area contributed by atoms with E-state index in [2.05, 4.69) is 15.3 Å². The number of thiazole rings is 1. The van der Waals surface area contributed by atoms with Gasteiger partial charge in [0.15, 0.2) is 16.3 Å². The van der Waals surface area contributed by atoms with Crippen LogP contribution in [0.4, 0.5) is 5.13 Å². The van der Waals surface area contributed by atoms with Crippen molar-refractivity contribution in [2.45, 2.75) is 0 Å². The van der Waals surface area contributed by atoms with Gasteiger partial charge in [0, 0.05) is 17.6 Å². The van der Waals surface area contributed by atoms with Gasteiger partial charge in [-0.2, -0.15) is 0 Å². The van der Waals surface area contributed by atoms with Crippen LogP contribution in [-0.2, 0) is 0 Å². The summed E-state index contributed by atoms with van der Waals surface area (Å²) in [6, 6.07) is 13.5. The largest absolute Gasteiger partial charge is 0.451 e. The van der Waals surface area contributed by atoms with Crippen LogP contribution in [0, 0.1) is 0 Å². The highest BCUT2D eigenvalue weighted by Crippen LogP contribution is 2.23. The molecule has 7 heteroatoms. The minimum atomic E-state index is -0.523. The highest BCUT2D eigenvalue weighted by Gasteiger charge is 2.14. The van der Waals surface area contributed by atoms with Crippen LogP contribution >= 0.6 is 11.3 Å². The van der Waals surface area contributed by atoms with Gasteiger partial charge in [0.1, 0.15) is 11.3 Å². The zero-order chi connectivity index (χ0) is 17.2. The number of aromatic nitrogens is 2. The molecule has 0 spiro atoms. The van der Waals surface area contributed by atoms with Crippen LogP contribution in [-0.4, -0.2) is 15.9 Å². The van der Waals surface area contributed by atoms with E-state index >= 15 is 0 Å². The third-order valence-corrected chi connectivity index (χ3v) is 4.27. The highest BCUT2D eigenvalue weighted by molar-refractivity contribution is 7.14. The Kier molecular flexibility index (Phi) is 3.83. The number of hydrogen-bond donors (Lipinski definition) is 1. The van der Waals surface area contributed by atoms with Crippen molar-refractivity contribution in [3.63, 3.8) is 0 Å². The van der Waals surface area contributed by atoms with E-state index < -0.39 is 5.91 Å². The minimum absolute atomic E-state index is 0.0571. The summed E-state index contributed by atoms with van der Waals surface area (Å²) >= 11 is 1.27. The molecule has 0 fully saturated rings. The number of hydrogen-bond acceptors (Lipinski definition) is 6. The lowest BCUT2D eigenvalue weighted by atomic mass is 10.2. The van der Waals surface area contributed by atoms with Gasteiger partial charge in [-0.05, 0) is 24.3 Å². The number of para-hydroxylation sites is 1. The van der Waals surface area contributed by atoms with Gasteiger partial charge < -0.3 is 4.42 Å². The first-order chi connectivity index (χ1) is 12.2. The number of nitrogens with one attached hydrogen (secondary N) is 1. The van der Waals surface area contributed by atoms with E-state index in [1.807, 2.05) is 18.2 Å². The fourth-order valence-electron chi connectivity index (χ4n) is 2.34. The summed E-state index contributed by atoms with van der Waals surface area (Å²) in [7, 11) is 0. The van der Waals surface area contributed by atoms with E-state index in [-0.39, 0.29) is 11.2 Å². The minimum Gasteiger partial charge on any atom is -0.451 e. The summed E-state index contributed by atoms with van der Waals surface area (Å²) in [6.07, 6.45) is 1.68. The molecule has 6 nitrogen and oxygen atoms in total. The number of nitrogens with zero attached hydrogens (tertiary/aromatic N) is 2. The second-order valence-corrected chi connectivity index (χ2v) is 6.04. The Balaban J connectivity index is 1.61. The third-order valence-electron chi connectivity index (χ3n) is 3.51. The van der Waals surface area contributed by atoms with Crippen molar-refractivity contribution in [3.8, 4) is 11.4 Å². The Labute approximate surface area is 145 Å². The Morgan fingerprint density at radius 3 is 2.76 bits per heavy atom. The zero-order valence-corrected chi connectivity index (χ0v) is 13.6. The maximum absolute atomic E-state index is 12.4. The molecule has 0 saturated heterocycles. The second kappa shape index (κ2) is 6.29. The van der Waals surface area contributed by atoms with E-state index in [4.69, 9.17) is 4.42 Å². The summed E-state index contributed by atoms with van der Waals surface area (Å²) < 4.78 is 5.52. The van der Waals surface area contributed by atoms with Crippen LogP contribution in [0.3, 0.4) is 0 Å². The quantitative estimate of drug-likeness (QED) is 0.611. The summed E-state index contributed by atoms with van der Waals surface area (Å²) in [5, 5.41) is 5.29. The summed E-state index contributed by atoms with van der Waals surface area (Å²) in [6.45, 7) is 0. The number of rotatable bonds is 3. The smallest absolute Gasteiger partial charge is 0.293 e. The second-order valence-electron chi connectivity index (χ2n) is 5.18. The summed E-state index contributed by atoms with van der Waals surface area (Å²) in [4.78, 5) is 33.0. The van der Waals surface area contributed by atoms with Gasteiger partial charge in [0.05, 0.1) is 11.1 Å². The van der Waals surface area contributed by atoms with Crippen molar-refractivity contribution >= 4 is 33.3 Å². The zero-order valence-electron chi connectivity index (χ0n) is 12.8. The molecule has 0 bridgehead atoms. The van der Waals surface area contributed by atoms with Crippen LogP contribution in [0.2, 0.25) is 0 Å². The number of carbonyl (C=O) groups is 1. The van der Waals surface area contributed by atoms with Crippen LogP contribution in [0.1, 0.15) is 10.6 Å². The van der Waals surface area contributed by atoms with Crippen LogP contribution < -0.4 is 10.7 Å². The molecule has 3 aromatic heterocycles. The molecule has 0 saturated carbocycles. The lowest BCUT2D eigenvalue weighted by Gasteiger charge is -2.02. The van der Waals surface area contributed by atoms with Gasteiger partial charge in [0.2, 0.25) is 0 Å². The van der Waals surface area contributed by atoms with Crippen molar-refractivity contribution < 1.29 is 9.21 Å². The Bertz CT molecular complexity index is 1120. The first-order valence-corrected chi connectivity index (χ1v) is 8.30. The maximum Gasteiger partial charge on any atom is 0.293 e. The fourth-order valence-corrected chi connectivity index (χ4v) is 3.04. The fraction of sp³-hybridized carbons (Fsp3) is 0. The Hall–Kier alpha value is -3.32. The normalized spacial score (nSPS) is 10.7. The maximum atomic E-state index is 12.4. The summed E-state index contributed by atoms with van der Waals surface area (Å²) in [5.41, 5.74) is 1.49. The molecule has 0 aliphatic rings. The standard InChI is InChI=1S/C18H11N3O3S/c22-14-9-16(24-15-7-2-1-5-11(14)15)17(23)21-18-20-13(10-25-18)12-6-3-4-8-19-12/h1-10H,(H,20,21,23). The molecule has 0 aliphatic heterocycles. The van der Waals surface area contributed by atoms with E-state index in [1.54, 1.807) is 35.8 Å². The summed E-state index contributed by atoms with van der Waals surface area (Å²) in [5.74, 6) is -0.580. The van der Waals surface area contributed by atoms with Crippen molar-refractivity contribution in [3.05, 3.63) is 76.1 Å². The van der Waals surface area contributed by atoms with E-state index in [1.165, 1.54) is 17.4 Å². The molecule has 122 valence electrons. The predicted octanol–water partition coefficient (Wildman–Crippen LogP) is 3.56. The first-order valence-electron chi connectivity index (χ1n) is 7.42. The Morgan fingerprint density at radius 2 is 1.92 bits per heavy atom. The monoisotopic (exact) mass is 349 g/mol. The lowest BCUT2D eigenvalue weighted by Crippen LogP contribution is -2.14. The molecule has 0 atom stereocenters. The van der Waals surface area contributed by atoms with Gasteiger partial charge in [-0.3, -0.25) is 19.9 Å². The number of benzene rings is 1. The van der Waals surface area contributed by atoms with Crippen molar-refractivity contribution in [2.24, 2.45) is 0 Å². The molecular weight excluding hydrogens is 338 g/mol. The van der Waals surface area contributed by atoms with E-state index in [9.17, 15) is 9.59 Å². The van der Waals surface area contributed by atoms with Gasteiger partial charge in [0.25, 0.3) is 5.91 Å². The molecule has 25 heavy (non-hydrogen) atoms. The van der Waals surface area contributed by atoms with Crippen molar-refractivity contribution in [1.82, 2.24) is 9.97 Å². The van der Waals surface area contributed by atoms with Gasteiger partial charge in [-0.25, -0.2) is 4.98 Å². The number of carbonyl (C=O) groups excluding carboxylic acids is 1. The van der Waals surface area contributed by atoms with Crippen LogP contribution in [0.15, 0.2) is 69.3 Å². The van der Waals surface area contributed by atoms with Crippen molar-refractivity contribution in [1.29, 1.82) is 0 Å². The number of amides is 1. The molecule has 1 aromatic carbocycles. The Morgan fingerprint density at radius 1 is 1.08 bits per heavy atom. The molecular formula is C18H11N3O3S. The molecule has 1 N–H and O–H groups in total. The molecule has 4 rings (SSSR count). The number of fused-ring (bicyclic) bond motifs is 1. The van der Waals surface area contributed by atoms with Crippen molar-refractivity contribution in [2.75, 3.05) is 5.32 Å². The highest BCUT2D eigenvalue weighted by atomic mass is 32.1. The molecule has 1 amide bonds. The van der Waals surface area contributed by atoms with Crippen LogP contribution in [0.5, 0.6) is 0 Å². The first kappa shape index (κ1) is 15.2. The van der Waals surface area contributed by atoms with Gasteiger partial charge >= 0.3 is 0 Å². The number of pyridine rings is 1. The topological polar surface area (TPSA) is 85.1 Å². The molecule has 3 heterocycles. The van der Waals surface area contributed by atoms with Gasteiger partial charge in [-0.15, -0.1) is 11.3 Å². The third kappa shape index (κ3) is 3.05. The van der Waals surface area contributed by atoms with E-state index in [0.29, 0.717) is 21.8 Å². The van der Waals surface area contributed by atoms with Crippen LogP contribution in [0.25, 0.3) is 22.4 Å². The average molecular weight is 349 g/mol. The molecule has 0 radical (unpaired) electrons. The SMILES string of the molecule is O=C(Nc1nc(-c2ccccn2)cs1)c1cc(=O)c2ccccc2o1. The molecule has 4 aromatic rings. The van der Waals surface area contributed by atoms with E-state index in [0.717, 1.165) is 5.69 Å². The predicted molar refractivity (Wildman–Crippen MR) is 95.8 cm³/mol. The number of anilines is 1. The van der Waals surface area contributed by atoms with Gasteiger partial charge in [-0.1, -0.05) is 18.2 Å². The molecule has 0 aliphatic carbocycles. The average Bonchev–Trinajstić information content (AvgIpc) is 3.11. The lowest BCUT2D eigenvalue weighted by molar-refractivity contribution is 0.0997.